The van der Waals surface area contributed by atoms with E-state index in [1.165, 1.54) is 25.7 Å². The number of halogens is 5. The van der Waals surface area contributed by atoms with E-state index in [4.69, 9.17) is 14.2 Å². The van der Waals surface area contributed by atoms with Crippen molar-refractivity contribution in [1.82, 2.24) is 14.1 Å². The number of aryl methyl sites for hydroxylation is 2. The Hall–Kier alpha value is -1.42. The van der Waals surface area contributed by atoms with Gasteiger partial charge in [-0.3, -0.25) is 0 Å². The van der Waals surface area contributed by atoms with Gasteiger partial charge in [0.05, 0.1) is 42.0 Å². The molecular weight excluding hydrogens is 1140 g/mol. The van der Waals surface area contributed by atoms with Crippen LogP contribution in [-0.4, -0.2) is 58.9 Å². The van der Waals surface area contributed by atoms with E-state index in [0.717, 1.165) is 75.3 Å². The molecule has 13 heteroatoms. The van der Waals surface area contributed by atoms with Crippen LogP contribution in [0.2, 0.25) is 0 Å². The van der Waals surface area contributed by atoms with E-state index in [9.17, 15) is 5.11 Å². The van der Waals surface area contributed by atoms with E-state index >= 15 is 0 Å². The second-order valence-electron chi connectivity index (χ2n) is 19.6. The summed E-state index contributed by atoms with van der Waals surface area (Å²) in [6.45, 7) is 0.653. The molecule has 12 aliphatic carbocycles. The maximum absolute atomic E-state index is 9.60. The number of nitrogens with zero attached hydrogens (tertiary/aromatic N) is 4. The number of hydrogen-bond acceptors (Lipinski definition) is 5. The molecule has 4 fully saturated rings. The highest BCUT2D eigenvalue weighted by molar-refractivity contribution is 9.24. The van der Waals surface area contributed by atoms with Gasteiger partial charge in [0, 0.05) is 43.1 Å². The quantitative estimate of drug-likeness (QED) is 0.176. The normalized spacial score (nSPS) is 42.0. The first-order valence-electron chi connectivity index (χ1n) is 23.4. The first-order valence-corrected chi connectivity index (χ1v) is 27.9. The fraction of sp³-hybridized carbons (Fsp3) is 0.577. The molecule has 2 heterocycles. The van der Waals surface area contributed by atoms with Gasteiger partial charge in [-0.15, -0.1) is 0 Å². The monoisotopic (exact) mass is 1200 g/mol. The number of imidazole rings is 2. The molecule has 14 rings (SSSR count). The Morgan fingerprint density at radius 2 is 0.954 bits per heavy atom. The molecule has 8 bridgehead atoms. The van der Waals surface area contributed by atoms with Crippen LogP contribution in [0.1, 0.15) is 25.7 Å². The number of rotatable bonds is 7. The Balaban J connectivity index is 0.000000112. The van der Waals surface area contributed by atoms with Gasteiger partial charge in [0.1, 0.15) is 23.4 Å². The van der Waals surface area contributed by atoms with Crippen LogP contribution in [0.15, 0.2) is 135 Å². The molecule has 0 amide bonds. The first kappa shape index (κ1) is 50.0. The number of aromatic nitrogens is 4. The molecule has 352 valence electrons. The molecule has 0 saturated heterocycles. The topological polar surface area (TPSA) is 74.5 Å². The van der Waals surface area contributed by atoms with E-state index in [-0.39, 0.29) is 23.1 Å². The van der Waals surface area contributed by atoms with Crippen LogP contribution >= 0.6 is 63.7 Å². The summed E-state index contributed by atoms with van der Waals surface area (Å²) in [5.74, 6) is 11.8. The van der Waals surface area contributed by atoms with Crippen molar-refractivity contribution in [2.75, 3.05) is 15.3 Å². The molecule has 1 N–H and O–H groups in total. The zero-order chi connectivity index (χ0) is 44.3. The predicted molar refractivity (Wildman–Crippen MR) is 267 cm³/mol. The lowest BCUT2D eigenvalue weighted by molar-refractivity contribution is -0.671. The predicted octanol–water partition coefficient (Wildman–Crippen LogP) is 7.64. The Bertz CT molecular complexity index is 2040. The number of alkyl halides is 4. The summed E-state index contributed by atoms with van der Waals surface area (Å²) in [5.41, 5.74) is 1.32. The van der Waals surface area contributed by atoms with E-state index in [1.54, 1.807) is 12.5 Å². The molecule has 16 unspecified atom stereocenters. The summed E-state index contributed by atoms with van der Waals surface area (Å²) < 4.78 is 24.3. The number of fused-ring (bicyclic) bond motifs is 20. The Morgan fingerprint density at radius 3 is 1.31 bits per heavy atom. The van der Waals surface area contributed by atoms with Crippen molar-refractivity contribution < 1.29 is 40.9 Å². The van der Waals surface area contributed by atoms with Gasteiger partial charge in [-0.1, -0.05) is 161 Å². The van der Waals surface area contributed by atoms with Crippen molar-refractivity contribution in [2.45, 2.75) is 56.8 Å². The molecule has 0 aliphatic heterocycles. The van der Waals surface area contributed by atoms with Crippen LogP contribution in [0.5, 0.6) is 0 Å². The second kappa shape index (κ2) is 23.0. The van der Waals surface area contributed by atoms with E-state index in [0.29, 0.717) is 59.7 Å². The molecule has 0 radical (unpaired) electrons. The van der Waals surface area contributed by atoms with Crippen LogP contribution in [0.4, 0.5) is 0 Å². The first-order chi connectivity index (χ1) is 31.3. The van der Waals surface area contributed by atoms with Gasteiger partial charge in [-0.25, -0.2) is 14.1 Å². The molecule has 65 heavy (non-hydrogen) atoms. The lowest BCUT2D eigenvalue weighted by Gasteiger charge is -2.25. The fourth-order valence-corrected chi connectivity index (χ4v) is 14.3. The number of allylic oxidation sites excluding steroid dienone is 12. The SMILES string of the molecule is BrCBr.BrCO[C@@H]1C=CC2C3C=CC(C3)C21.BrCO[C@@H]1C=CC2C3C=CC(C3)C21.C[n+]1ccn(CO[C@@H]2C=CC3C4C=CC(C4)C32)c1.Cn1ccnc1.O[C@@H]1C=CC2C3C=CC(C3)C21.[Br-]. The van der Waals surface area contributed by atoms with Crippen molar-refractivity contribution in [3.05, 3.63) is 135 Å². The van der Waals surface area contributed by atoms with Crippen molar-refractivity contribution in [3.8, 4) is 0 Å². The van der Waals surface area contributed by atoms with Crippen molar-refractivity contribution in [1.29, 1.82) is 0 Å². The van der Waals surface area contributed by atoms with E-state index in [1.807, 2.05) is 41.7 Å². The summed E-state index contributed by atoms with van der Waals surface area (Å²) >= 11 is 12.8. The van der Waals surface area contributed by atoms with Gasteiger partial charge >= 0.3 is 0 Å². The lowest BCUT2D eigenvalue weighted by atomic mass is 9.84. The van der Waals surface area contributed by atoms with Crippen LogP contribution in [0.25, 0.3) is 0 Å². The van der Waals surface area contributed by atoms with Crippen LogP contribution in [0.3, 0.4) is 0 Å². The zero-order valence-corrected chi connectivity index (χ0v) is 45.2. The van der Waals surface area contributed by atoms with Gasteiger partial charge in [-0.2, -0.15) is 0 Å². The number of aliphatic hydroxyl groups is 1. The lowest BCUT2D eigenvalue weighted by Crippen LogP contribution is -3.00. The highest BCUT2D eigenvalue weighted by atomic mass is 79.9. The summed E-state index contributed by atoms with van der Waals surface area (Å²) in [5, 5.41) is 9.60. The van der Waals surface area contributed by atoms with E-state index < -0.39 is 0 Å². The van der Waals surface area contributed by atoms with Crippen molar-refractivity contribution in [3.63, 3.8) is 0 Å². The van der Waals surface area contributed by atoms with E-state index in [2.05, 4.69) is 177 Å². The third-order valence-electron chi connectivity index (χ3n) is 16.4. The van der Waals surface area contributed by atoms with Gasteiger partial charge in [-0.05, 0) is 96.7 Å². The smallest absolute Gasteiger partial charge is 0.245 e. The van der Waals surface area contributed by atoms with Crippen molar-refractivity contribution >= 4 is 63.7 Å². The standard InChI is InChI=1S/C15H19N2O.2C11H13BrO.C10H12O.C4H6N2.CH2Br2.BrH/c1-16-6-7-17(9-16)10-18-14-5-4-13-11-2-3-12(8-11)15(13)14;2*12-6-13-10-4-3-9-7-1-2-8(5-7)11(9)10;11-9-4-3-8-6-1-2-7(5-6)10(8)9;1-6-3-2-5-4-6;2-1-3;/h2-7,9,11-15H,8,10H2,1H3;2*1-4,7-11H,5-6H2;1-4,6-11H,5H2;2-4H,1H3;1H2;1H/q+1;;;;;;/p-1/t11?,12?,13?,14-,15?;2*7?,8?,9?,10-,11?;6?,7?,8?,9-,10?;;;/m1111.../s1. The van der Waals surface area contributed by atoms with Crippen LogP contribution in [0, 0.1) is 94.7 Å². The molecule has 20 atom stereocenters. The maximum Gasteiger partial charge on any atom is 0.245 e. The molecule has 0 aromatic carbocycles. The van der Waals surface area contributed by atoms with Gasteiger partial charge in [0.15, 0.2) is 6.73 Å². The highest BCUT2D eigenvalue weighted by Gasteiger charge is 2.52. The number of aliphatic hydroxyl groups excluding tert-OH is 1. The summed E-state index contributed by atoms with van der Waals surface area (Å²) in [7, 11) is 3.97. The second-order valence-corrected chi connectivity index (χ2v) is 23.1. The minimum atomic E-state index is -0.153. The molecule has 8 nitrogen and oxygen atoms in total. The van der Waals surface area contributed by atoms with Gasteiger partial charge < -0.3 is 40.9 Å². The number of hydrogen-bond donors (Lipinski definition) is 1. The average molecular weight is 1210 g/mol. The zero-order valence-electron chi connectivity index (χ0n) is 37.3. The molecule has 12 aliphatic rings. The summed E-state index contributed by atoms with van der Waals surface area (Å²) in [6.07, 6.45) is 54.9. The minimum absolute atomic E-state index is 0. The third-order valence-corrected chi connectivity index (χ3v) is 16.9. The van der Waals surface area contributed by atoms with Crippen molar-refractivity contribution in [2.24, 2.45) is 109 Å². The fourth-order valence-electron chi connectivity index (χ4n) is 13.7. The Kier molecular flexibility index (Phi) is 17.7. The van der Waals surface area contributed by atoms with Gasteiger partial charge in [0.2, 0.25) is 6.33 Å². The average Bonchev–Trinajstić information content (AvgIpc) is 4.12. The Morgan fingerprint density at radius 1 is 0.554 bits per heavy atom. The summed E-state index contributed by atoms with van der Waals surface area (Å²) in [6, 6.07) is 0. The van der Waals surface area contributed by atoms with Crippen LogP contribution in [-0.2, 0) is 35.0 Å². The molecule has 2 aromatic heterocycles. The Labute approximate surface area is 430 Å². The highest BCUT2D eigenvalue weighted by Crippen LogP contribution is 2.56. The minimum Gasteiger partial charge on any atom is -1.00 e. The van der Waals surface area contributed by atoms with Crippen LogP contribution < -0.4 is 21.5 Å². The number of ether oxygens (including phenoxy) is 3. The third kappa shape index (κ3) is 10.8. The maximum atomic E-state index is 9.60. The molecule has 2 aromatic rings. The summed E-state index contributed by atoms with van der Waals surface area (Å²) in [4.78, 5) is 3.78. The molecular formula is C52H65Br5N4O4. The largest absolute Gasteiger partial charge is 1.00 e. The molecule has 4 saturated carbocycles. The van der Waals surface area contributed by atoms with Gasteiger partial charge in [0.25, 0.3) is 0 Å². The molecule has 0 spiro atoms.